The number of nitrogens with zero attached hydrogens (tertiary/aromatic N) is 2. The molecule has 25 heavy (non-hydrogen) atoms. The third-order valence-electron chi connectivity index (χ3n) is 3.79. The first kappa shape index (κ1) is 18.3. The van der Waals surface area contributed by atoms with Crippen LogP contribution < -0.4 is 10.3 Å². The van der Waals surface area contributed by atoms with E-state index in [9.17, 15) is 13.2 Å². The van der Waals surface area contributed by atoms with Gasteiger partial charge in [0.05, 0.1) is 27.9 Å². The SMILES string of the molecule is O=c1c(Cl)c(Cl)cnn1-c1ccc(S(=O)(=O)NCC2CCCO2)cc1. The molecular weight excluding hydrogens is 389 g/mol. The molecule has 2 heterocycles. The maximum absolute atomic E-state index is 12.3. The van der Waals surface area contributed by atoms with Crippen molar-refractivity contribution in [2.75, 3.05) is 13.2 Å². The Morgan fingerprint density at radius 3 is 2.64 bits per heavy atom. The van der Waals surface area contributed by atoms with E-state index in [4.69, 9.17) is 27.9 Å². The number of hydrogen-bond acceptors (Lipinski definition) is 5. The molecule has 0 spiro atoms. The maximum Gasteiger partial charge on any atom is 0.291 e. The summed E-state index contributed by atoms with van der Waals surface area (Å²) >= 11 is 11.6. The Bertz CT molecular complexity index is 923. The van der Waals surface area contributed by atoms with E-state index in [0.29, 0.717) is 12.3 Å². The molecule has 1 saturated heterocycles. The van der Waals surface area contributed by atoms with E-state index in [1.54, 1.807) is 0 Å². The molecule has 1 aromatic heterocycles. The van der Waals surface area contributed by atoms with Crippen LogP contribution in [0.4, 0.5) is 0 Å². The fourth-order valence-corrected chi connectivity index (χ4v) is 3.77. The van der Waals surface area contributed by atoms with E-state index in [1.807, 2.05) is 0 Å². The van der Waals surface area contributed by atoms with Crippen LogP contribution in [-0.4, -0.2) is 37.5 Å². The van der Waals surface area contributed by atoms with Gasteiger partial charge in [0, 0.05) is 13.2 Å². The van der Waals surface area contributed by atoms with E-state index in [1.165, 1.54) is 30.5 Å². The molecule has 0 bridgehead atoms. The Hall–Kier alpha value is -1.45. The molecule has 1 aliphatic heterocycles. The van der Waals surface area contributed by atoms with Gasteiger partial charge in [0.1, 0.15) is 5.02 Å². The van der Waals surface area contributed by atoms with E-state index in [0.717, 1.165) is 17.5 Å². The standard InChI is InChI=1S/C15H15Cl2N3O4S/c16-13-9-18-20(15(21)14(13)17)10-3-5-12(6-4-10)25(22,23)19-8-11-2-1-7-24-11/h3-6,9,11,19H,1-2,7-8H2. The Morgan fingerprint density at radius 1 is 1.28 bits per heavy atom. The molecule has 0 radical (unpaired) electrons. The molecule has 0 aliphatic carbocycles. The smallest absolute Gasteiger partial charge is 0.291 e. The predicted octanol–water partition coefficient (Wildman–Crippen LogP) is 2.00. The van der Waals surface area contributed by atoms with Crippen molar-refractivity contribution in [2.45, 2.75) is 23.8 Å². The minimum Gasteiger partial charge on any atom is -0.377 e. The average Bonchev–Trinajstić information content (AvgIpc) is 3.12. The fourth-order valence-electron chi connectivity index (χ4n) is 2.45. The highest BCUT2D eigenvalue weighted by Crippen LogP contribution is 2.18. The molecule has 7 nitrogen and oxygen atoms in total. The van der Waals surface area contributed by atoms with E-state index in [2.05, 4.69) is 9.82 Å². The van der Waals surface area contributed by atoms with E-state index in [-0.39, 0.29) is 27.6 Å². The number of nitrogens with one attached hydrogen (secondary N) is 1. The van der Waals surface area contributed by atoms with Crippen LogP contribution in [0.25, 0.3) is 5.69 Å². The molecule has 1 fully saturated rings. The summed E-state index contributed by atoms with van der Waals surface area (Å²) < 4.78 is 33.6. The fraction of sp³-hybridized carbons (Fsp3) is 0.333. The molecule has 3 rings (SSSR count). The van der Waals surface area contributed by atoms with Crippen LogP contribution in [0.1, 0.15) is 12.8 Å². The van der Waals surface area contributed by atoms with Gasteiger partial charge in [0.2, 0.25) is 10.0 Å². The minimum atomic E-state index is -3.66. The lowest BCUT2D eigenvalue weighted by Crippen LogP contribution is -2.31. The van der Waals surface area contributed by atoms with Crippen LogP contribution in [0, 0.1) is 0 Å². The van der Waals surface area contributed by atoms with Gasteiger partial charge in [-0.3, -0.25) is 4.79 Å². The number of rotatable bonds is 5. The van der Waals surface area contributed by atoms with Gasteiger partial charge >= 0.3 is 0 Å². The van der Waals surface area contributed by atoms with Crippen molar-refractivity contribution in [3.63, 3.8) is 0 Å². The zero-order valence-electron chi connectivity index (χ0n) is 13.0. The molecule has 1 aromatic carbocycles. The highest BCUT2D eigenvalue weighted by Gasteiger charge is 2.20. The lowest BCUT2D eigenvalue weighted by molar-refractivity contribution is 0.114. The molecule has 1 N–H and O–H groups in total. The summed E-state index contributed by atoms with van der Waals surface area (Å²) in [5.41, 5.74) is -0.206. The van der Waals surface area contributed by atoms with Gasteiger partial charge in [-0.05, 0) is 37.1 Å². The number of halogens is 2. The van der Waals surface area contributed by atoms with Crippen molar-refractivity contribution in [2.24, 2.45) is 0 Å². The molecule has 2 aromatic rings. The van der Waals surface area contributed by atoms with Crippen LogP contribution >= 0.6 is 23.2 Å². The monoisotopic (exact) mass is 403 g/mol. The molecule has 0 amide bonds. The number of aromatic nitrogens is 2. The summed E-state index contributed by atoms with van der Waals surface area (Å²) in [5.74, 6) is 0. The Morgan fingerprint density at radius 2 is 2.00 bits per heavy atom. The van der Waals surface area contributed by atoms with Crippen LogP contribution in [0.5, 0.6) is 0 Å². The van der Waals surface area contributed by atoms with E-state index < -0.39 is 15.6 Å². The van der Waals surface area contributed by atoms with Gasteiger partial charge in [0.15, 0.2) is 0 Å². The third kappa shape index (κ3) is 4.04. The second-order valence-corrected chi connectivity index (χ2v) is 8.06. The minimum absolute atomic E-state index is 0.0560. The summed E-state index contributed by atoms with van der Waals surface area (Å²) in [6.45, 7) is 0.893. The number of hydrogen-bond donors (Lipinski definition) is 1. The van der Waals surface area contributed by atoms with Gasteiger partial charge in [-0.15, -0.1) is 0 Å². The second-order valence-electron chi connectivity index (χ2n) is 5.50. The first-order valence-electron chi connectivity index (χ1n) is 7.53. The first-order chi connectivity index (χ1) is 11.9. The van der Waals surface area contributed by atoms with Gasteiger partial charge in [-0.1, -0.05) is 23.2 Å². The van der Waals surface area contributed by atoms with Crippen molar-refractivity contribution in [1.29, 1.82) is 0 Å². The number of benzene rings is 1. The molecule has 1 unspecified atom stereocenters. The van der Waals surface area contributed by atoms with Crippen molar-refractivity contribution >= 4 is 33.2 Å². The van der Waals surface area contributed by atoms with Crippen LogP contribution in [0.2, 0.25) is 10.0 Å². The quantitative estimate of drug-likeness (QED) is 0.823. The van der Waals surface area contributed by atoms with Gasteiger partial charge in [-0.2, -0.15) is 9.78 Å². The number of sulfonamides is 1. The van der Waals surface area contributed by atoms with Crippen LogP contribution in [-0.2, 0) is 14.8 Å². The lowest BCUT2D eigenvalue weighted by atomic mass is 10.2. The number of ether oxygens (including phenoxy) is 1. The molecule has 0 saturated carbocycles. The van der Waals surface area contributed by atoms with Crippen molar-refractivity contribution in [1.82, 2.24) is 14.5 Å². The maximum atomic E-state index is 12.3. The van der Waals surface area contributed by atoms with Crippen LogP contribution in [0.15, 0.2) is 40.2 Å². The summed E-state index contributed by atoms with van der Waals surface area (Å²) in [6, 6.07) is 5.73. The zero-order chi connectivity index (χ0) is 18.0. The predicted molar refractivity (Wildman–Crippen MR) is 94.0 cm³/mol. The molecule has 1 atom stereocenters. The zero-order valence-corrected chi connectivity index (χ0v) is 15.3. The van der Waals surface area contributed by atoms with Gasteiger partial charge < -0.3 is 4.74 Å². The van der Waals surface area contributed by atoms with E-state index >= 15 is 0 Å². The summed E-state index contributed by atoms with van der Waals surface area (Å²) in [5, 5.41) is 3.80. The molecule has 10 heteroatoms. The largest absolute Gasteiger partial charge is 0.377 e. The Balaban J connectivity index is 1.80. The van der Waals surface area contributed by atoms with Crippen molar-refractivity contribution in [3.8, 4) is 5.69 Å². The van der Waals surface area contributed by atoms with Crippen LogP contribution in [0.3, 0.4) is 0 Å². The third-order valence-corrected chi connectivity index (χ3v) is 5.98. The van der Waals surface area contributed by atoms with Crippen molar-refractivity contribution < 1.29 is 13.2 Å². The first-order valence-corrected chi connectivity index (χ1v) is 9.77. The molecule has 1 aliphatic rings. The highest BCUT2D eigenvalue weighted by atomic mass is 35.5. The molecular formula is C15H15Cl2N3O4S. The Labute approximate surface area is 154 Å². The van der Waals surface area contributed by atoms with Gasteiger partial charge in [0.25, 0.3) is 5.56 Å². The normalized spacial score (nSPS) is 17.8. The summed E-state index contributed by atoms with van der Waals surface area (Å²) in [4.78, 5) is 12.1. The summed E-state index contributed by atoms with van der Waals surface area (Å²) in [6.07, 6.45) is 2.94. The Kier molecular flexibility index (Phi) is 5.45. The van der Waals surface area contributed by atoms with Crippen molar-refractivity contribution in [3.05, 3.63) is 50.9 Å². The van der Waals surface area contributed by atoms with Gasteiger partial charge in [-0.25, -0.2) is 13.1 Å². The summed E-state index contributed by atoms with van der Waals surface area (Å²) in [7, 11) is -3.66. The topological polar surface area (TPSA) is 90.3 Å². The second kappa shape index (κ2) is 7.43. The molecule has 134 valence electrons. The highest BCUT2D eigenvalue weighted by molar-refractivity contribution is 7.89. The lowest BCUT2D eigenvalue weighted by Gasteiger charge is -2.12. The average molecular weight is 404 g/mol.